The van der Waals surface area contributed by atoms with E-state index in [1.165, 1.54) is 6.33 Å². The number of rotatable bonds is 4. The van der Waals surface area contributed by atoms with Gasteiger partial charge in [-0.3, -0.25) is 5.41 Å². The highest BCUT2D eigenvalue weighted by Crippen LogP contribution is 2.25. The number of nitrogens with two attached hydrogens (primary N) is 2. The van der Waals surface area contributed by atoms with Crippen molar-refractivity contribution in [1.82, 2.24) is 9.97 Å². The molecule has 0 saturated carbocycles. The summed E-state index contributed by atoms with van der Waals surface area (Å²) < 4.78 is 0. The normalized spacial score (nSPS) is 9.81. The topological polar surface area (TPSA) is 105 Å². The number of hydrogen-bond acceptors (Lipinski definition) is 6. The molecule has 3 aromatic rings. The molecule has 0 radical (unpaired) electrons. The molecule has 3 rings (SSSR count). The van der Waals surface area contributed by atoms with E-state index in [4.69, 9.17) is 16.9 Å². The van der Waals surface area contributed by atoms with Gasteiger partial charge in [0.1, 0.15) is 18.0 Å². The maximum Gasteiger partial charge on any atom is 0.138 e. The van der Waals surface area contributed by atoms with Gasteiger partial charge in [0.05, 0.1) is 11.3 Å². The highest BCUT2D eigenvalue weighted by molar-refractivity contribution is 6.16. The first-order valence-corrected chi connectivity index (χ1v) is 8.42. The van der Waals surface area contributed by atoms with Crippen molar-refractivity contribution in [2.75, 3.05) is 23.4 Å². The Labute approximate surface area is 154 Å². The van der Waals surface area contributed by atoms with Gasteiger partial charge in [0.25, 0.3) is 0 Å². The molecule has 26 heavy (non-hydrogen) atoms. The molecule has 0 amide bonds. The number of benzene rings is 2. The Bertz CT molecular complexity index is 839. The van der Waals surface area contributed by atoms with Gasteiger partial charge in [-0.25, -0.2) is 9.97 Å². The third-order valence-corrected chi connectivity index (χ3v) is 3.84. The molecule has 6 nitrogen and oxygen atoms in total. The Hall–Kier alpha value is -3.41. The van der Waals surface area contributed by atoms with Crippen LogP contribution in [-0.2, 0) is 0 Å². The molecule has 1 aromatic heterocycles. The van der Waals surface area contributed by atoms with Gasteiger partial charge in [0.2, 0.25) is 0 Å². The van der Waals surface area contributed by atoms with Crippen molar-refractivity contribution in [2.45, 2.75) is 13.8 Å². The van der Waals surface area contributed by atoms with Crippen LogP contribution in [0.4, 0.5) is 23.0 Å². The van der Waals surface area contributed by atoms with Crippen LogP contribution in [-0.4, -0.2) is 22.7 Å². The van der Waals surface area contributed by atoms with Gasteiger partial charge in [-0.05, 0) is 24.3 Å². The Balaban J connectivity index is 0.00000117. The molecule has 0 aliphatic heterocycles. The van der Waals surface area contributed by atoms with Crippen LogP contribution < -0.4 is 16.4 Å². The predicted molar refractivity (Wildman–Crippen MR) is 109 cm³/mol. The number of nitrogens with zero attached hydrogens (tertiary/aromatic N) is 3. The van der Waals surface area contributed by atoms with E-state index in [9.17, 15) is 0 Å². The molecule has 134 valence electrons. The van der Waals surface area contributed by atoms with Gasteiger partial charge >= 0.3 is 0 Å². The van der Waals surface area contributed by atoms with E-state index in [2.05, 4.69) is 14.9 Å². The Morgan fingerprint density at radius 2 is 1.35 bits per heavy atom. The zero-order valence-corrected chi connectivity index (χ0v) is 15.3. The van der Waals surface area contributed by atoms with Crippen molar-refractivity contribution >= 4 is 28.7 Å². The molecule has 0 aliphatic rings. The predicted octanol–water partition coefficient (Wildman–Crippen LogP) is 3.85. The van der Waals surface area contributed by atoms with Gasteiger partial charge in [0, 0.05) is 24.0 Å². The van der Waals surface area contributed by atoms with Gasteiger partial charge < -0.3 is 16.4 Å². The summed E-state index contributed by atoms with van der Waals surface area (Å²) >= 11 is 0. The van der Waals surface area contributed by atoms with Crippen LogP contribution in [0.3, 0.4) is 0 Å². The van der Waals surface area contributed by atoms with Crippen LogP contribution in [0.5, 0.6) is 0 Å². The second-order valence-corrected chi connectivity index (χ2v) is 5.34. The number of para-hydroxylation sites is 1. The second kappa shape index (κ2) is 8.62. The molecule has 0 bridgehead atoms. The molecule has 0 atom stereocenters. The molecule has 2 aromatic carbocycles. The molecule has 5 N–H and O–H groups in total. The molecular formula is C20H24N6. The van der Waals surface area contributed by atoms with Gasteiger partial charge in [-0.15, -0.1) is 0 Å². The van der Waals surface area contributed by atoms with Crippen LogP contribution in [0.1, 0.15) is 25.0 Å². The summed E-state index contributed by atoms with van der Waals surface area (Å²) in [6.07, 6.45) is 1.29. The van der Waals surface area contributed by atoms with Crippen molar-refractivity contribution in [3.8, 4) is 0 Å². The summed E-state index contributed by atoms with van der Waals surface area (Å²) in [7, 11) is 2.00. The Kier molecular flexibility index (Phi) is 6.27. The molecule has 0 unspecified atom stereocenters. The number of nitrogen functional groups attached to an aromatic ring is 2. The molecular weight excluding hydrogens is 324 g/mol. The monoisotopic (exact) mass is 348 g/mol. The molecule has 0 fully saturated rings. The van der Waals surface area contributed by atoms with Gasteiger partial charge in [-0.1, -0.05) is 44.2 Å². The lowest BCUT2D eigenvalue weighted by atomic mass is 10.0. The van der Waals surface area contributed by atoms with Crippen molar-refractivity contribution < 1.29 is 0 Å². The fourth-order valence-corrected chi connectivity index (χ4v) is 2.47. The zero-order valence-electron chi connectivity index (χ0n) is 15.3. The lowest BCUT2D eigenvalue weighted by Crippen LogP contribution is -2.13. The van der Waals surface area contributed by atoms with Crippen LogP contribution in [0.25, 0.3) is 0 Å². The lowest BCUT2D eigenvalue weighted by molar-refractivity contribution is 1.17. The van der Waals surface area contributed by atoms with Gasteiger partial charge in [-0.2, -0.15) is 0 Å². The first-order valence-electron chi connectivity index (χ1n) is 8.42. The third kappa shape index (κ3) is 3.97. The van der Waals surface area contributed by atoms with Crippen LogP contribution in [0.15, 0.2) is 60.9 Å². The second-order valence-electron chi connectivity index (χ2n) is 5.34. The van der Waals surface area contributed by atoms with E-state index in [0.29, 0.717) is 11.1 Å². The number of aromatic nitrogens is 2. The summed E-state index contributed by atoms with van der Waals surface area (Å²) in [5, 5.41) is 8.34. The average molecular weight is 348 g/mol. The average Bonchev–Trinajstić information content (AvgIpc) is 2.69. The van der Waals surface area contributed by atoms with E-state index < -0.39 is 0 Å². The molecule has 6 heteroatoms. The van der Waals surface area contributed by atoms with E-state index in [1.54, 1.807) is 0 Å². The van der Waals surface area contributed by atoms with Crippen LogP contribution in [0.2, 0.25) is 0 Å². The highest BCUT2D eigenvalue weighted by atomic mass is 15.1. The van der Waals surface area contributed by atoms with Crippen LogP contribution in [0, 0.1) is 5.41 Å². The van der Waals surface area contributed by atoms with Crippen molar-refractivity contribution in [3.05, 3.63) is 72.1 Å². The first-order chi connectivity index (χ1) is 12.6. The highest BCUT2D eigenvalue weighted by Gasteiger charge is 2.14. The number of nitrogens with one attached hydrogen (secondary N) is 1. The molecule has 0 saturated heterocycles. The smallest absolute Gasteiger partial charge is 0.138 e. The lowest BCUT2D eigenvalue weighted by Gasteiger charge is -2.20. The Morgan fingerprint density at radius 1 is 0.846 bits per heavy atom. The fourth-order valence-electron chi connectivity index (χ4n) is 2.47. The minimum Gasteiger partial charge on any atom is -0.383 e. The number of anilines is 4. The largest absolute Gasteiger partial charge is 0.383 e. The Morgan fingerprint density at radius 3 is 1.88 bits per heavy atom. The van der Waals surface area contributed by atoms with Crippen molar-refractivity contribution in [3.63, 3.8) is 0 Å². The summed E-state index contributed by atoms with van der Waals surface area (Å²) in [5.41, 5.74) is 15.0. The maximum atomic E-state index is 8.34. The summed E-state index contributed by atoms with van der Waals surface area (Å²) in [4.78, 5) is 9.89. The summed E-state index contributed by atoms with van der Waals surface area (Å²) in [6.45, 7) is 4.00. The minimum absolute atomic E-state index is 0.206. The molecule has 0 aliphatic carbocycles. The van der Waals surface area contributed by atoms with E-state index in [0.717, 1.165) is 11.4 Å². The van der Waals surface area contributed by atoms with Crippen LogP contribution >= 0.6 is 0 Å². The molecule has 0 spiro atoms. The summed E-state index contributed by atoms with van der Waals surface area (Å²) in [5.74, 6) is 0.413. The number of hydrogen-bond donors (Lipinski definition) is 3. The van der Waals surface area contributed by atoms with Crippen molar-refractivity contribution in [1.29, 1.82) is 5.41 Å². The zero-order chi connectivity index (χ0) is 19.1. The van der Waals surface area contributed by atoms with E-state index >= 15 is 0 Å². The van der Waals surface area contributed by atoms with E-state index in [1.807, 2.05) is 75.5 Å². The SMILES string of the molecule is CC.CN(c1ccccc1)c1ccc(C(=N)c2c(N)ncnc2N)cc1. The quantitative estimate of drug-likeness (QED) is 0.621. The van der Waals surface area contributed by atoms with Crippen molar-refractivity contribution in [2.24, 2.45) is 0 Å². The van der Waals surface area contributed by atoms with Gasteiger partial charge in [0.15, 0.2) is 0 Å². The minimum atomic E-state index is 0.206. The maximum absolute atomic E-state index is 8.34. The molecule has 1 heterocycles. The third-order valence-electron chi connectivity index (χ3n) is 3.84. The summed E-state index contributed by atoms with van der Waals surface area (Å²) in [6, 6.07) is 17.7. The van der Waals surface area contributed by atoms with E-state index in [-0.39, 0.29) is 17.3 Å². The standard InChI is InChI=1S/C18H18N6.C2H6/c1-24(13-5-3-2-4-6-13)14-9-7-12(8-10-14)16(19)15-17(20)22-11-23-18(15)21;1-2/h2-11,19H,1H3,(H4,20,21,22,23);1-2H3. The fraction of sp³-hybridized carbons (Fsp3) is 0.150. The first kappa shape index (κ1) is 18.9.